The highest BCUT2D eigenvalue weighted by atomic mass is 35.5. The Morgan fingerprint density at radius 3 is 2.47 bits per heavy atom. The highest BCUT2D eigenvalue weighted by Crippen LogP contribution is 2.29. The van der Waals surface area contributed by atoms with Gasteiger partial charge in [-0.2, -0.15) is 5.10 Å². The second-order valence-electron chi connectivity index (χ2n) is 6.44. The average molecular weight is 455 g/mol. The van der Waals surface area contributed by atoms with Crippen LogP contribution in [0.3, 0.4) is 0 Å². The molecule has 0 radical (unpaired) electrons. The van der Waals surface area contributed by atoms with Crippen molar-refractivity contribution in [3.63, 3.8) is 0 Å². The van der Waals surface area contributed by atoms with E-state index in [0.29, 0.717) is 28.5 Å². The van der Waals surface area contributed by atoms with Crippen molar-refractivity contribution in [3.05, 3.63) is 82.4 Å². The number of nitrogens with zero attached hydrogens (tertiary/aromatic N) is 1. The number of aromatic hydroxyl groups is 2. The molecule has 0 atom stereocenters. The molecule has 3 rings (SSSR count). The van der Waals surface area contributed by atoms with Crippen LogP contribution in [-0.2, 0) is 0 Å². The number of carbonyl (C=O) groups is 2. The van der Waals surface area contributed by atoms with Gasteiger partial charge in [0, 0.05) is 11.1 Å². The molecule has 3 N–H and O–H groups in total. The molecule has 32 heavy (non-hydrogen) atoms. The normalized spacial score (nSPS) is 10.7. The van der Waals surface area contributed by atoms with Crippen molar-refractivity contribution in [2.45, 2.75) is 6.92 Å². The number of hydrogen-bond acceptors (Lipinski definition) is 7. The quantitative estimate of drug-likeness (QED) is 0.214. The van der Waals surface area contributed by atoms with Gasteiger partial charge in [0.2, 0.25) is 0 Å². The molecule has 9 heteroatoms. The van der Waals surface area contributed by atoms with Crippen LogP contribution in [0.15, 0.2) is 65.8 Å². The second kappa shape index (κ2) is 10.3. The predicted molar refractivity (Wildman–Crippen MR) is 119 cm³/mol. The van der Waals surface area contributed by atoms with Crippen LogP contribution < -0.4 is 14.9 Å². The van der Waals surface area contributed by atoms with Gasteiger partial charge in [0.05, 0.1) is 23.9 Å². The van der Waals surface area contributed by atoms with Gasteiger partial charge >= 0.3 is 5.97 Å². The number of benzene rings is 3. The lowest BCUT2D eigenvalue weighted by molar-refractivity contribution is 0.0728. The molecule has 0 aromatic heterocycles. The summed E-state index contributed by atoms with van der Waals surface area (Å²) in [6.07, 6.45) is 1.36. The molecule has 1 amide bonds. The van der Waals surface area contributed by atoms with E-state index in [1.54, 1.807) is 49.4 Å². The lowest BCUT2D eigenvalue weighted by atomic mass is 10.2. The summed E-state index contributed by atoms with van der Waals surface area (Å²) in [7, 11) is 0. The number of esters is 1. The first-order valence-electron chi connectivity index (χ1n) is 9.47. The molecule has 3 aromatic carbocycles. The zero-order valence-electron chi connectivity index (χ0n) is 16.9. The van der Waals surface area contributed by atoms with Gasteiger partial charge in [-0.05, 0) is 67.1 Å². The Labute approximate surface area is 188 Å². The fourth-order valence-corrected chi connectivity index (χ4v) is 2.77. The molecule has 0 heterocycles. The van der Waals surface area contributed by atoms with E-state index >= 15 is 0 Å². The predicted octanol–water partition coefficient (Wildman–Crippen LogP) is 4.13. The molecule has 0 aliphatic carbocycles. The van der Waals surface area contributed by atoms with Gasteiger partial charge in [-0.25, -0.2) is 10.2 Å². The molecule has 0 spiro atoms. The number of carbonyl (C=O) groups excluding carboxylic acids is 2. The van der Waals surface area contributed by atoms with Crippen LogP contribution in [0.25, 0.3) is 0 Å². The largest absolute Gasteiger partial charge is 0.508 e. The summed E-state index contributed by atoms with van der Waals surface area (Å²) in [5.41, 5.74) is 3.14. The SMILES string of the molecule is CCOc1cc(/C=N\NC(=O)c2ccc(O)cc2O)ccc1OC(=O)c1ccc(Cl)cc1. The van der Waals surface area contributed by atoms with E-state index in [4.69, 9.17) is 21.1 Å². The number of ether oxygens (including phenoxy) is 2. The van der Waals surface area contributed by atoms with E-state index in [1.165, 1.54) is 18.3 Å². The fraction of sp³-hybridized carbons (Fsp3) is 0.0870. The fourth-order valence-electron chi connectivity index (χ4n) is 2.64. The van der Waals surface area contributed by atoms with E-state index in [0.717, 1.165) is 6.07 Å². The van der Waals surface area contributed by atoms with Gasteiger partial charge in [0.15, 0.2) is 11.5 Å². The molecule has 3 aromatic rings. The highest BCUT2D eigenvalue weighted by molar-refractivity contribution is 6.30. The third-order valence-corrected chi connectivity index (χ3v) is 4.41. The zero-order chi connectivity index (χ0) is 23.1. The molecule has 0 saturated carbocycles. The molecule has 164 valence electrons. The van der Waals surface area contributed by atoms with E-state index in [2.05, 4.69) is 10.5 Å². The number of amides is 1. The van der Waals surface area contributed by atoms with Gasteiger partial charge < -0.3 is 19.7 Å². The topological polar surface area (TPSA) is 117 Å². The average Bonchev–Trinajstić information content (AvgIpc) is 2.76. The van der Waals surface area contributed by atoms with Crippen LogP contribution in [0.2, 0.25) is 5.02 Å². The number of halogens is 1. The first kappa shape index (κ1) is 22.6. The maximum Gasteiger partial charge on any atom is 0.343 e. The summed E-state index contributed by atoms with van der Waals surface area (Å²) in [6.45, 7) is 2.12. The third kappa shape index (κ3) is 5.77. The van der Waals surface area contributed by atoms with E-state index < -0.39 is 11.9 Å². The number of hydrogen-bond donors (Lipinski definition) is 3. The minimum atomic E-state index is -0.655. The van der Waals surface area contributed by atoms with Gasteiger partial charge in [0.25, 0.3) is 5.91 Å². The number of hydrazone groups is 1. The maximum atomic E-state index is 12.4. The first-order valence-corrected chi connectivity index (χ1v) is 9.85. The summed E-state index contributed by atoms with van der Waals surface area (Å²) < 4.78 is 11.0. The Morgan fingerprint density at radius 2 is 1.78 bits per heavy atom. The van der Waals surface area contributed by atoms with Gasteiger partial charge in [0.1, 0.15) is 11.5 Å². The smallest absolute Gasteiger partial charge is 0.343 e. The molecular weight excluding hydrogens is 436 g/mol. The third-order valence-electron chi connectivity index (χ3n) is 4.16. The molecule has 0 unspecified atom stereocenters. The summed E-state index contributed by atoms with van der Waals surface area (Å²) in [5, 5.41) is 23.4. The Hall–Kier alpha value is -4.04. The summed E-state index contributed by atoms with van der Waals surface area (Å²) >= 11 is 5.84. The summed E-state index contributed by atoms with van der Waals surface area (Å²) in [5.74, 6) is -1.21. The van der Waals surface area contributed by atoms with Crippen LogP contribution >= 0.6 is 11.6 Å². The van der Waals surface area contributed by atoms with Gasteiger partial charge in [-0.15, -0.1) is 0 Å². The van der Waals surface area contributed by atoms with E-state index in [9.17, 15) is 19.8 Å². The minimum Gasteiger partial charge on any atom is -0.508 e. The lowest BCUT2D eigenvalue weighted by Gasteiger charge is -2.11. The zero-order valence-corrected chi connectivity index (χ0v) is 17.7. The van der Waals surface area contributed by atoms with E-state index in [-0.39, 0.29) is 22.8 Å². The van der Waals surface area contributed by atoms with Crippen LogP contribution in [-0.4, -0.2) is 34.9 Å². The van der Waals surface area contributed by atoms with Crippen molar-refractivity contribution in [2.24, 2.45) is 5.10 Å². The van der Waals surface area contributed by atoms with Crippen molar-refractivity contribution in [3.8, 4) is 23.0 Å². The van der Waals surface area contributed by atoms with Crippen molar-refractivity contribution < 1.29 is 29.3 Å². The molecule has 0 bridgehead atoms. The van der Waals surface area contributed by atoms with Crippen molar-refractivity contribution >= 4 is 29.7 Å². The Bertz CT molecular complexity index is 1160. The molecule has 0 aliphatic rings. The number of nitrogens with one attached hydrogen (secondary N) is 1. The van der Waals surface area contributed by atoms with Crippen molar-refractivity contribution in [1.82, 2.24) is 5.43 Å². The van der Waals surface area contributed by atoms with Gasteiger partial charge in [-0.3, -0.25) is 4.79 Å². The molecular formula is C23H19ClN2O6. The van der Waals surface area contributed by atoms with Gasteiger partial charge in [-0.1, -0.05) is 11.6 Å². The van der Waals surface area contributed by atoms with Crippen molar-refractivity contribution in [2.75, 3.05) is 6.61 Å². The summed E-state index contributed by atoms with van der Waals surface area (Å²) in [6, 6.07) is 14.7. The monoisotopic (exact) mass is 454 g/mol. The lowest BCUT2D eigenvalue weighted by Crippen LogP contribution is -2.17. The molecule has 0 saturated heterocycles. The Morgan fingerprint density at radius 1 is 1.03 bits per heavy atom. The van der Waals surface area contributed by atoms with Crippen molar-refractivity contribution in [1.29, 1.82) is 0 Å². The number of phenolic OH excluding ortho intramolecular Hbond substituents is 2. The molecule has 0 aliphatic heterocycles. The number of rotatable bonds is 7. The maximum absolute atomic E-state index is 12.4. The summed E-state index contributed by atoms with van der Waals surface area (Å²) in [4.78, 5) is 24.5. The van der Waals surface area contributed by atoms with Crippen LogP contribution in [0.1, 0.15) is 33.2 Å². The van der Waals surface area contributed by atoms with Crippen LogP contribution in [0.4, 0.5) is 0 Å². The van der Waals surface area contributed by atoms with Crippen LogP contribution in [0, 0.1) is 0 Å². The second-order valence-corrected chi connectivity index (χ2v) is 6.87. The Kier molecular flexibility index (Phi) is 7.30. The first-order chi connectivity index (χ1) is 15.4. The number of phenols is 2. The van der Waals surface area contributed by atoms with E-state index in [1.807, 2.05) is 0 Å². The van der Waals surface area contributed by atoms with Crippen LogP contribution in [0.5, 0.6) is 23.0 Å². The Balaban J connectivity index is 1.71. The highest BCUT2D eigenvalue weighted by Gasteiger charge is 2.14. The minimum absolute atomic E-state index is 0.0422. The standard InChI is InChI=1S/C23H19ClN2O6/c1-2-31-21-11-14(13-25-26-22(29)18-9-8-17(27)12-19(18)28)3-10-20(21)32-23(30)15-4-6-16(24)7-5-15/h3-13,27-28H,2H2,1H3,(H,26,29)/b25-13-. The molecule has 0 fully saturated rings. The molecule has 8 nitrogen and oxygen atoms in total.